The number of benzene rings is 1. The molecule has 3 heterocycles. The zero-order valence-corrected chi connectivity index (χ0v) is 15.3. The summed E-state index contributed by atoms with van der Waals surface area (Å²) in [5, 5.41) is 2.90. The lowest BCUT2D eigenvalue weighted by molar-refractivity contribution is -0.138. The number of carbonyl (C=O) groups is 2. The van der Waals surface area contributed by atoms with E-state index in [1.54, 1.807) is 12.1 Å². The van der Waals surface area contributed by atoms with Crippen molar-refractivity contribution in [3.05, 3.63) is 35.6 Å². The Kier molecular flexibility index (Phi) is 4.00. The SMILES string of the molecule is O=C(NC[C@H]1[C@H]2CN(C(=O)C3CCC3)C[C@]23CC[C@H]1O3)c1ccccc1F. The summed E-state index contributed by atoms with van der Waals surface area (Å²) in [6.07, 6.45) is 5.28. The Morgan fingerprint density at radius 1 is 1.26 bits per heavy atom. The van der Waals surface area contributed by atoms with Crippen LogP contribution in [-0.2, 0) is 9.53 Å². The molecule has 1 aromatic carbocycles. The van der Waals surface area contributed by atoms with Crippen LogP contribution >= 0.6 is 0 Å². The van der Waals surface area contributed by atoms with Crippen molar-refractivity contribution in [1.82, 2.24) is 10.2 Å². The van der Waals surface area contributed by atoms with Crippen molar-refractivity contribution < 1.29 is 18.7 Å². The Labute approximate surface area is 158 Å². The monoisotopic (exact) mass is 372 g/mol. The largest absolute Gasteiger partial charge is 0.369 e. The van der Waals surface area contributed by atoms with E-state index in [0.717, 1.165) is 38.6 Å². The van der Waals surface area contributed by atoms with Gasteiger partial charge in [-0.3, -0.25) is 9.59 Å². The van der Waals surface area contributed by atoms with Crippen molar-refractivity contribution in [3.63, 3.8) is 0 Å². The van der Waals surface area contributed by atoms with Crippen LogP contribution in [0.1, 0.15) is 42.5 Å². The van der Waals surface area contributed by atoms with E-state index >= 15 is 0 Å². The van der Waals surface area contributed by atoms with Crippen LogP contribution in [0.15, 0.2) is 24.3 Å². The maximum atomic E-state index is 13.8. The molecule has 1 saturated carbocycles. The predicted molar refractivity (Wildman–Crippen MR) is 96.5 cm³/mol. The van der Waals surface area contributed by atoms with E-state index in [4.69, 9.17) is 4.74 Å². The number of hydrogen-bond acceptors (Lipinski definition) is 3. The molecule has 4 atom stereocenters. The summed E-state index contributed by atoms with van der Waals surface area (Å²) in [5.41, 5.74) is -0.151. The molecule has 144 valence electrons. The second-order valence-electron chi connectivity index (χ2n) is 8.57. The van der Waals surface area contributed by atoms with Crippen LogP contribution in [0.25, 0.3) is 0 Å². The average Bonchev–Trinajstić information content (AvgIpc) is 3.26. The fraction of sp³-hybridized carbons (Fsp3) is 0.619. The number of halogens is 1. The Bertz CT molecular complexity index is 780. The van der Waals surface area contributed by atoms with Gasteiger partial charge in [0, 0.05) is 30.8 Å². The van der Waals surface area contributed by atoms with Crippen LogP contribution in [0.4, 0.5) is 4.39 Å². The van der Waals surface area contributed by atoms with Gasteiger partial charge in [0.2, 0.25) is 5.91 Å². The highest BCUT2D eigenvalue weighted by Gasteiger charge is 2.63. The van der Waals surface area contributed by atoms with Crippen molar-refractivity contribution in [2.24, 2.45) is 17.8 Å². The van der Waals surface area contributed by atoms with Crippen LogP contribution < -0.4 is 5.32 Å². The van der Waals surface area contributed by atoms with E-state index in [2.05, 4.69) is 5.32 Å². The molecule has 0 unspecified atom stereocenters. The highest BCUT2D eigenvalue weighted by molar-refractivity contribution is 5.94. The predicted octanol–water partition coefficient (Wildman–Crippen LogP) is 2.36. The summed E-state index contributed by atoms with van der Waals surface area (Å²) >= 11 is 0. The molecule has 1 aliphatic carbocycles. The first-order valence-electron chi connectivity index (χ1n) is 10.1. The first kappa shape index (κ1) is 17.2. The van der Waals surface area contributed by atoms with E-state index in [1.165, 1.54) is 12.1 Å². The molecule has 3 saturated heterocycles. The maximum Gasteiger partial charge on any atom is 0.254 e. The molecule has 4 aliphatic rings. The highest BCUT2D eigenvalue weighted by atomic mass is 19.1. The summed E-state index contributed by atoms with van der Waals surface area (Å²) in [7, 11) is 0. The van der Waals surface area contributed by atoms with Gasteiger partial charge in [0.15, 0.2) is 0 Å². The van der Waals surface area contributed by atoms with E-state index < -0.39 is 5.82 Å². The number of nitrogens with one attached hydrogen (secondary N) is 1. The average molecular weight is 372 g/mol. The van der Waals surface area contributed by atoms with Crippen LogP contribution in [0.5, 0.6) is 0 Å². The molecule has 5 nitrogen and oxygen atoms in total. The number of likely N-dealkylation sites (tertiary alicyclic amines) is 1. The number of nitrogens with zero attached hydrogens (tertiary/aromatic N) is 1. The fourth-order valence-corrected chi connectivity index (χ4v) is 5.50. The maximum absolute atomic E-state index is 13.8. The summed E-state index contributed by atoms with van der Waals surface area (Å²) in [6.45, 7) is 1.89. The zero-order chi connectivity index (χ0) is 18.6. The summed E-state index contributed by atoms with van der Waals surface area (Å²) in [6, 6.07) is 6.03. The third-order valence-corrected chi connectivity index (χ3v) is 7.17. The molecule has 0 aromatic heterocycles. The molecule has 2 bridgehead atoms. The van der Waals surface area contributed by atoms with Crippen molar-refractivity contribution >= 4 is 11.8 Å². The molecule has 4 fully saturated rings. The quantitative estimate of drug-likeness (QED) is 0.883. The van der Waals surface area contributed by atoms with Gasteiger partial charge in [0.25, 0.3) is 5.91 Å². The third kappa shape index (κ3) is 2.68. The van der Waals surface area contributed by atoms with Crippen molar-refractivity contribution in [2.75, 3.05) is 19.6 Å². The smallest absolute Gasteiger partial charge is 0.254 e. The molecule has 27 heavy (non-hydrogen) atoms. The minimum Gasteiger partial charge on any atom is -0.369 e. The molecule has 0 radical (unpaired) electrons. The van der Waals surface area contributed by atoms with Crippen LogP contribution in [0.2, 0.25) is 0 Å². The van der Waals surface area contributed by atoms with E-state index in [9.17, 15) is 14.0 Å². The molecular formula is C21H25FN2O3. The fourth-order valence-electron chi connectivity index (χ4n) is 5.50. The van der Waals surface area contributed by atoms with E-state index in [0.29, 0.717) is 13.1 Å². The Morgan fingerprint density at radius 2 is 2.07 bits per heavy atom. The summed E-state index contributed by atoms with van der Waals surface area (Å²) < 4.78 is 20.2. The Balaban J connectivity index is 1.26. The molecule has 1 spiro atoms. The van der Waals surface area contributed by atoms with Gasteiger partial charge in [-0.15, -0.1) is 0 Å². The number of carbonyl (C=O) groups excluding carboxylic acids is 2. The minimum absolute atomic E-state index is 0.0736. The van der Waals surface area contributed by atoms with Crippen LogP contribution in [-0.4, -0.2) is 48.1 Å². The normalized spacial score (nSPS) is 34.4. The Hall–Kier alpha value is -1.95. The van der Waals surface area contributed by atoms with Gasteiger partial charge in [-0.05, 0) is 37.8 Å². The van der Waals surface area contributed by atoms with E-state index in [-0.39, 0.29) is 46.8 Å². The van der Waals surface area contributed by atoms with Gasteiger partial charge in [-0.25, -0.2) is 4.39 Å². The number of fused-ring (bicyclic) bond motifs is 1. The second-order valence-corrected chi connectivity index (χ2v) is 8.57. The van der Waals surface area contributed by atoms with Gasteiger partial charge < -0.3 is 15.0 Å². The number of hydrogen-bond donors (Lipinski definition) is 1. The van der Waals surface area contributed by atoms with Crippen LogP contribution in [0.3, 0.4) is 0 Å². The van der Waals surface area contributed by atoms with Gasteiger partial charge in [-0.1, -0.05) is 18.6 Å². The first-order valence-corrected chi connectivity index (χ1v) is 10.1. The lowest BCUT2D eigenvalue weighted by Crippen LogP contribution is -2.42. The molecule has 1 aromatic rings. The Morgan fingerprint density at radius 3 is 2.81 bits per heavy atom. The molecule has 2 amide bonds. The molecule has 6 heteroatoms. The van der Waals surface area contributed by atoms with Gasteiger partial charge in [0.05, 0.1) is 23.8 Å². The van der Waals surface area contributed by atoms with E-state index in [1.807, 2.05) is 4.90 Å². The molecule has 5 rings (SSSR count). The summed E-state index contributed by atoms with van der Waals surface area (Å²) in [4.78, 5) is 27.1. The number of rotatable bonds is 4. The standard InChI is InChI=1S/C21H25FN2O3/c22-17-7-2-1-6-14(17)19(25)23-10-15-16-11-24(20(26)13-4-3-5-13)12-21(16)9-8-18(15)27-21/h1-2,6-7,13,15-16,18H,3-5,8-12H2,(H,23,25)/t15-,16+,18+,21+/m0/s1. The van der Waals surface area contributed by atoms with Crippen LogP contribution in [0, 0.1) is 23.6 Å². The van der Waals surface area contributed by atoms with Gasteiger partial charge in [0.1, 0.15) is 5.82 Å². The zero-order valence-electron chi connectivity index (χ0n) is 15.3. The third-order valence-electron chi connectivity index (χ3n) is 7.17. The van der Waals surface area contributed by atoms with Crippen molar-refractivity contribution in [2.45, 2.75) is 43.8 Å². The van der Waals surface area contributed by atoms with Gasteiger partial charge >= 0.3 is 0 Å². The lowest BCUT2D eigenvalue weighted by atomic mass is 9.73. The molecule has 1 N–H and O–H groups in total. The number of ether oxygens (including phenoxy) is 1. The topological polar surface area (TPSA) is 58.6 Å². The first-order chi connectivity index (χ1) is 13.1. The number of amides is 2. The highest BCUT2D eigenvalue weighted by Crippen LogP contribution is 2.55. The lowest BCUT2D eigenvalue weighted by Gasteiger charge is -2.30. The van der Waals surface area contributed by atoms with Gasteiger partial charge in [-0.2, -0.15) is 0 Å². The summed E-state index contributed by atoms with van der Waals surface area (Å²) in [5.74, 6) is 0.0526. The van der Waals surface area contributed by atoms with Crippen molar-refractivity contribution in [3.8, 4) is 0 Å². The molecule has 3 aliphatic heterocycles. The second kappa shape index (κ2) is 6.30. The van der Waals surface area contributed by atoms with Crippen molar-refractivity contribution in [1.29, 1.82) is 0 Å². The minimum atomic E-state index is -0.506. The molecular weight excluding hydrogens is 347 g/mol.